The van der Waals surface area contributed by atoms with Crippen molar-refractivity contribution in [2.75, 3.05) is 6.54 Å². The van der Waals surface area contributed by atoms with Crippen molar-refractivity contribution in [3.05, 3.63) is 42.2 Å². The lowest BCUT2D eigenvalue weighted by Gasteiger charge is -2.16. The molecule has 2 heterocycles. The molecule has 5 heteroatoms. The van der Waals surface area contributed by atoms with Crippen molar-refractivity contribution < 1.29 is 0 Å². The lowest BCUT2D eigenvalue weighted by atomic mass is 10.1. The second kappa shape index (κ2) is 6.99. The summed E-state index contributed by atoms with van der Waals surface area (Å²) in [4.78, 5) is 8.21. The van der Waals surface area contributed by atoms with Gasteiger partial charge < -0.3 is 5.32 Å². The third-order valence-corrected chi connectivity index (χ3v) is 2.95. The third kappa shape index (κ3) is 3.61. The molecule has 0 spiro atoms. The standard InChI is InChI=1S/C14H21N5/c1-3-5-17-14(12-7-15-11-16-8-12)13-9-18-19(10-13)6-4-2/h7-11,14,17H,3-6H2,1-2H3. The zero-order valence-electron chi connectivity index (χ0n) is 11.6. The molecule has 0 aliphatic rings. The van der Waals surface area contributed by atoms with Gasteiger partial charge >= 0.3 is 0 Å². The van der Waals surface area contributed by atoms with Crippen LogP contribution in [-0.4, -0.2) is 26.3 Å². The van der Waals surface area contributed by atoms with Crippen LogP contribution in [-0.2, 0) is 6.54 Å². The van der Waals surface area contributed by atoms with Gasteiger partial charge in [-0.25, -0.2) is 9.97 Å². The van der Waals surface area contributed by atoms with Gasteiger partial charge in [-0.3, -0.25) is 4.68 Å². The van der Waals surface area contributed by atoms with Gasteiger partial charge in [0.1, 0.15) is 6.33 Å². The minimum Gasteiger partial charge on any atom is -0.306 e. The monoisotopic (exact) mass is 259 g/mol. The fourth-order valence-electron chi connectivity index (χ4n) is 2.06. The Morgan fingerprint density at radius 3 is 2.58 bits per heavy atom. The first-order chi connectivity index (χ1) is 9.35. The number of nitrogens with one attached hydrogen (secondary N) is 1. The Hall–Kier alpha value is -1.75. The summed E-state index contributed by atoms with van der Waals surface area (Å²) in [5.74, 6) is 0. The highest BCUT2D eigenvalue weighted by atomic mass is 15.3. The molecule has 0 aliphatic heterocycles. The molecule has 2 aromatic rings. The van der Waals surface area contributed by atoms with Crippen molar-refractivity contribution in [2.45, 2.75) is 39.3 Å². The van der Waals surface area contributed by atoms with Gasteiger partial charge in [0.15, 0.2) is 0 Å². The van der Waals surface area contributed by atoms with E-state index in [1.165, 1.54) is 0 Å². The minimum atomic E-state index is 0.117. The van der Waals surface area contributed by atoms with Crippen molar-refractivity contribution in [2.24, 2.45) is 0 Å². The summed E-state index contributed by atoms with van der Waals surface area (Å²) in [5.41, 5.74) is 2.24. The summed E-state index contributed by atoms with van der Waals surface area (Å²) in [6.07, 6.45) is 11.5. The second-order valence-electron chi connectivity index (χ2n) is 4.60. The Balaban J connectivity index is 2.21. The number of hydrogen-bond acceptors (Lipinski definition) is 4. The van der Waals surface area contributed by atoms with Gasteiger partial charge in [0.05, 0.1) is 12.2 Å². The maximum absolute atomic E-state index is 4.40. The zero-order chi connectivity index (χ0) is 13.5. The molecule has 0 aromatic carbocycles. The van der Waals surface area contributed by atoms with Gasteiger partial charge in [0.25, 0.3) is 0 Å². The molecule has 0 aliphatic carbocycles. The van der Waals surface area contributed by atoms with E-state index in [1.54, 1.807) is 6.33 Å². The number of aromatic nitrogens is 4. The van der Waals surface area contributed by atoms with Crippen LogP contribution in [0, 0.1) is 0 Å². The summed E-state index contributed by atoms with van der Waals surface area (Å²) in [7, 11) is 0. The van der Waals surface area contributed by atoms with E-state index in [0.29, 0.717) is 0 Å². The van der Waals surface area contributed by atoms with E-state index < -0.39 is 0 Å². The van der Waals surface area contributed by atoms with E-state index >= 15 is 0 Å². The molecule has 2 aromatic heterocycles. The van der Waals surface area contributed by atoms with E-state index in [9.17, 15) is 0 Å². The molecule has 0 radical (unpaired) electrons. The molecule has 1 N–H and O–H groups in total. The maximum Gasteiger partial charge on any atom is 0.115 e. The van der Waals surface area contributed by atoms with Gasteiger partial charge in [0.2, 0.25) is 0 Å². The molecule has 5 nitrogen and oxygen atoms in total. The Morgan fingerprint density at radius 1 is 1.11 bits per heavy atom. The Morgan fingerprint density at radius 2 is 1.89 bits per heavy atom. The van der Waals surface area contributed by atoms with E-state index in [2.05, 4.69) is 40.4 Å². The van der Waals surface area contributed by atoms with Crippen LogP contribution >= 0.6 is 0 Å². The summed E-state index contributed by atoms with van der Waals surface area (Å²) >= 11 is 0. The average Bonchev–Trinajstić information content (AvgIpc) is 2.89. The lowest BCUT2D eigenvalue weighted by molar-refractivity contribution is 0.586. The lowest BCUT2D eigenvalue weighted by Crippen LogP contribution is -2.23. The molecule has 0 bridgehead atoms. The fourth-order valence-corrected chi connectivity index (χ4v) is 2.06. The Kier molecular flexibility index (Phi) is 5.03. The van der Waals surface area contributed by atoms with Crippen LogP contribution in [0.3, 0.4) is 0 Å². The summed E-state index contributed by atoms with van der Waals surface area (Å²) < 4.78 is 1.99. The quantitative estimate of drug-likeness (QED) is 0.828. The SMILES string of the molecule is CCCNC(c1cncnc1)c1cnn(CCC)c1. The van der Waals surface area contributed by atoms with Gasteiger partial charge in [-0.15, -0.1) is 0 Å². The van der Waals surface area contributed by atoms with Gasteiger partial charge in [-0.2, -0.15) is 5.10 Å². The smallest absolute Gasteiger partial charge is 0.115 e. The predicted octanol–water partition coefficient (Wildman–Crippen LogP) is 2.17. The van der Waals surface area contributed by atoms with Gasteiger partial charge in [-0.05, 0) is 19.4 Å². The molecule has 1 atom stereocenters. The topological polar surface area (TPSA) is 55.6 Å². The average molecular weight is 259 g/mol. The fraction of sp³-hybridized carbons (Fsp3) is 0.500. The van der Waals surface area contributed by atoms with Crippen LogP contribution in [0.4, 0.5) is 0 Å². The molecule has 0 saturated carbocycles. The predicted molar refractivity (Wildman–Crippen MR) is 74.7 cm³/mol. The van der Waals surface area contributed by atoms with Crippen LogP contribution in [0.25, 0.3) is 0 Å². The van der Waals surface area contributed by atoms with Gasteiger partial charge in [-0.1, -0.05) is 13.8 Å². The Labute approximate surface area is 114 Å². The van der Waals surface area contributed by atoms with Crippen LogP contribution < -0.4 is 5.32 Å². The van der Waals surface area contributed by atoms with E-state index in [-0.39, 0.29) is 6.04 Å². The number of rotatable bonds is 7. The first-order valence-electron chi connectivity index (χ1n) is 6.85. The van der Waals surface area contributed by atoms with Crippen molar-refractivity contribution in [1.29, 1.82) is 0 Å². The number of hydrogen-bond donors (Lipinski definition) is 1. The molecule has 19 heavy (non-hydrogen) atoms. The van der Waals surface area contributed by atoms with Crippen LogP contribution in [0.1, 0.15) is 43.9 Å². The van der Waals surface area contributed by atoms with Crippen molar-refractivity contribution in [3.63, 3.8) is 0 Å². The number of nitrogens with zero attached hydrogens (tertiary/aromatic N) is 4. The second-order valence-corrected chi connectivity index (χ2v) is 4.60. The van der Waals surface area contributed by atoms with E-state index in [1.807, 2.05) is 23.3 Å². The highest BCUT2D eigenvalue weighted by molar-refractivity contribution is 5.24. The maximum atomic E-state index is 4.40. The van der Waals surface area contributed by atoms with Crippen molar-refractivity contribution in [1.82, 2.24) is 25.1 Å². The van der Waals surface area contributed by atoms with Crippen LogP contribution in [0.15, 0.2) is 31.1 Å². The molecule has 1 unspecified atom stereocenters. The third-order valence-electron chi connectivity index (χ3n) is 2.95. The normalized spacial score (nSPS) is 12.5. The molecule has 0 amide bonds. The highest BCUT2D eigenvalue weighted by Crippen LogP contribution is 2.20. The van der Waals surface area contributed by atoms with Crippen LogP contribution in [0.5, 0.6) is 0 Å². The summed E-state index contributed by atoms with van der Waals surface area (Å²) in [6, 6.07) is 0.117. The molecule has 0 saturated heterocycles. The molecular formula is C14H21N5. The van der Waals surface area contributed by atoms with Crippen molar-refractivity contribution in [3.8, 4) is 0 Å². The zero-order valence-corrected chi connectivity index (χ0v) is 11.6. The molecule has 2 rings (SSSR count). The molecule has 0 fully saturated rings. The Bertz CT molecular complexity index is 480. The van der Waals surface area contributed by atoms with Gasteiger partial charge in [0, 0.05) is 36.3 Å². The largest absolute Gasteiger partial charge is 0.306 e. The minimum absolute atomic E-state index is 0.117. The number of aryl methyl sites for hydroxylation is 1. The molecule has 102 valence electrons. The highest BCUT2D eigenvalue weighted by Gasteiger charge is 2.15. The molecular weight excluding hydrogens is 238 g/mol. The van der Waals surface area contributed by atoms with Crippen molar-refractivity contribution >= 4 is 0 Å². The first-order valence-corrected chi connectivity index (χ1v) is 6.85. The summed E-state index contributed by atoms with van der Waals surface area (Å²) in [5, 5.41) is 7.92. The van der Waals surface area contributed by atoms with E-state index in [4.69, 9.17) is 0 Å². The summed E-state index contributed by atoms with van der Waals surface area (Å²) in [6.45, 7) is 6.22. The first kappa shape index (κ1) is 13.7. The van der Waals surface area contributed by atoms with Crippen LogP contribution in [0.2, 0.25) is 0 Å². The van der Waals surface area contributed by atoms with E-state index in [0.717, 1.165) is 37.1 Å².